The highest BCUT2D eigenvalue weighted by Gasteiger charge is 2.13. The number of aromatic nitrogens is 3. The Morgan fingerprint density at radius 1 is 1.12 bits per heavy atom. The van der Waals surface area contributed by atoms with Crippen LogP contribution < -0.4 is 5.32 Å². The first kappa shape index (κ1) is 17.5. The van der Waals surface area contributed by atoms with Gasteiger partial charge in [0, 0.05) is 23.5 Å². The van der Waals surface area contributed by atoms with Crippen LogP contribution in [0.5, 0.6) is 0 Å². The Labute approximate surface area is 155 Å². The van der Waals surface area contributed by atoms with E-state index in [2.05, 4.69) is 15.5 Å². The van der Waals surface area contributed by atoms with E-state index in [0.29, 0.717) is 5.82 Å². The van der Waals surface area contributed by atoms with E-state index in [0.717, 1.165) is 27.2 Å². The van der Waals surface area contributed by atoms with Gasteiger partial charge >= 0.3 is 0 Å². The van der Waals surface area contributed by atoms with Gasteiger partial charge in [-0.25, -0.2) is 0 Å². The van der Waals surface area contributed by atoms with Gasteiger partial charge in [0.2, 0.25) is 5.91 Å². The number of carbonyl (C=O) groups excluding carboxylic acids is 1. The molecule has 3 rings (SSSR count). The van der Waals surface area contributed by atoms with E-state index < -0.39 is 0 Å². The van der Waals surface area contributed by atoms with E-state index >= 15 is 0 Å². The number of halogens is 1. The zero-order valence-electron chi connectivity index (χ0n) is 13.6. The molecule has 0 aliphatic carbocycles. The van der Waals surface area contributed by atoms with Crippen molar-refractivity contribution in [2.45, 2.75) is 17.3 Å². The van der Waals surface area contributed by atoms with Gasteiger partial charge in [0.25, 0.3) is 0 Å². The first-order valence-electron chi connectivity index (χ1n) is 7.72. The largest absolute Gasteiger partial charge is 0.326 e. The second-order valence-corrected chi connectivity index (χ2v) is 6.84. The summed E-state index contributed by atoms with van der Waals surface area (Å²) in [6.07, 6.45) is 0.180. The Morgan fingerprint density at radius 2 is 1.84 bits per heavy atom. The molecule has 7 heteroatoms. The van der Waals surface area contributed by atoms with Crippen molar-refractivity contribution >= 4 is 35.0 Å². The number of nitrogens with one attached hydrogen (secondary N) is 1. The molecule has 128 valence electrons. The van der Waals surface area contributed by atoms with Crippen LogP contribution in [0.25, 0.3) is 0 Å². The van der Waals surface area contributed by atoms with Crippen molar-refractivity contribution in [3.05, 3.63) is 71.0 Å². The SMILES string of the molecule is Cn1c(CC(=O)Nc2ccccc2)nnc1SCc1ccc(Cl)cc1. The van der Waals surface area contributed by atoms with Gasteiger partial charge in [0.05, 0.1) is 6.42 Å². The minimum absolute atomic E-state index is 0.115. The van der Waals surface area contributed by atoms with E-state index in [1.54, 1.807) is 11.8 Å². The van der Waals surface area contributed by atoms with Crippen LogP contribution in [0, 0.1) is 0 Å². The summed E-state index contributed by atoms with van der Waals surface area (Å²) >= 11 is 7.47. The molecule has 0 saturated heterocycles. The maximum Gasteiger partial charge on any atom is 0.232 e. The summed E-state index contributed by atoms with van der Waals surface area (Å²) < 4.78 is 1.85. The number of nitrogens with zero attached hydrogens (tertiary/aromatic N) is 3. The molecule has 0 aliphatic heterocycles. The number of thioether (sulfide) groups is 1. The normalized spacial score (nSPS) is 10.6. The number of amides is 1. The highest BCUT2D eigenvalue weighted by molar-refractivity contribution is 7.98. The van der Waals surface area contributed by atoms with Crippen molar-refractivity contribution in [1.29, 1.82) is 0 Å². The Morgan fingerprint density at radius 3 is 2.56 bits per heavy atom. The fraction of sp³-hybridized carbons (Fsp3) is 0.167. The van der Waals surface area contributed by atoms with Crippen molar-refractivity contribution in [2.75, 3.05) is 5.32 Å². The minimum atomic E-state index is -0.115. The van der Waals surface area contributed by atoms with Crippen LogP contribution in [-0.2, 0) is 24.0 Å². The summed E-state index contributed by atoms with van der Waals surface area (Å²) in [6, 6.07) is 17.1. The van der Waals surface area contributed by atoms with Crippen molar-refractivity contribution in [1.82, 2.24) is 14.8 Å². The van der Waals surface area contributed by atoms with E-state index in [1.807, 2.05) is 66.2 Å². The third kappa shape index (κ3) is 4.84. The predicted molar refractivity (Wildman–Crippen MR) is 101 cm³/mol. The fourth-order valence-corrected chi connectivity index (χ4v) is 3.24. The van der Waals surface area contributed by atoms with Gasteiger partial charge in [-0.3, -0.25) is 4.79 Å². The van der Waals surface area contributed by atoms with Gasteiger partial charge < -0.3 is 9.88 Å². The van der Waals surface area contributed by atoms with Gasteiger partial charge in [0.1, 0.15) is 5.82 Å². The smallest absolute Gasteiger partial charge is 0.232 e. The average Bonchev–Trinajstić information content (AvgIpc) is 2.95. The molecular formula is C18H17ClN4OS. The maximum absolute atomic E-state index is 12.1. The summed E-state index contributed by atoms with van der Waals surface area (Å²) in [5.41, 5.74) is 1.92. The summed E-state index contributed by atoms with van der Waals surface area (Å²) in [4.78, 5) is 12.1. The molecule has 1 N–H and O–H groups in total. The number of para-hydroxylation sites is 1. The third-order valence-corrected chi connectivity index (χ3v) is 4.93. The lowest BCUT2D eigenvalue weighted by atomic mass is 10.2. The summed E-state index contributed by atoms with van der Waals surface area (Å²) in [5, 5.41) is 12.7. The van der Waals surface area contributed by atoms with Crippen molar-refractivity contribution in [3.8, 4) is 0 Å². The monoisotopic (exact) mass is 372 g/mol. The maximum atomic E-state index is 12.1. The fourth-order valence-electron chi connectivity index (χ4n) is 2.22. The van der Waals surface area contributed by atoms with Gasteiger partial charge in [-0.15, -0.1) is 10.2 Å². The molecule has 0 unspecified atom stereocenters. The van der Waals surface area contributed by atoms with Crippen LogP contribution in [0.3, 0.4) is 0 Å². The van der Waals surface area contributed by atoms with Crippen LogP contribution in [0.1, 0.15) is 11.4 Å². The zero-order valence-corrected chi connectivity index (χ0v) is 15.2. The predicted octanol–water partition coefficient (Wildman–Crippen LogP) is 3.94. The molecule has 5 nitrogen and oxygen atoms in total. The van der Waals surface area contributed by atoms with E-state index in [9.17, 15) is 4.79 Å². The molecule has 0 atom stereocenters. The van der Waals surface area contributed by atoms with Crippen LogP contribution in [0.2, 0.25) is 5.02 Å². The molecule has 0 saturated carbocycles. The van der Waals surface area contributed by atoms with Crippen molar-refractivity contribution in [2.24, 2.45) is 7.05 Å². The Kier molecular flexibility index (Phi) is 5.73. The molecule has 0 spiro atoms. The Hall–Kier alpha value is -2.31. The molecule has 1 heterocycles. The molecule has 0 fully saturated rings. The summed E-state index contributed by atoms with van der Waals surface area (Å²) in [7, 11) is 1.87. The summed E-state index contributed by atoms with van der Waals surface area (Å²) in [6.45, 7) is 0. The van der Waals surface area contributed by atoms with Crippen molar-refractivity contribution < 1.29 is 4.79 Å². The van der Waals surface area contributed by atoms with Gasteiger partial charge in [0.15, 0.2) is 5.16 Å². The van der Waals surface area contributed by atoms with E-state index in [4.69, 9.17) is 11.6 Å². The number of anilines is 1. The highest BCUT2D eigenvalue weighted by Crippen LogP contribution is 2.22. The number of benzene rings is 2. The van der Waals surface area contributed by atoms with Crippen LogP contribution in [0.15, 0.2) is 59.8 Å². The van der Waals surface area contributed by atoms with Crippen LogP contribution in [0.4, 0.5) is 5.69 Å². The molecule has 25 heavy (non-hydrogen) atoms. The molecule has 0 bridgehead atoms. The Bertz CT molecular complexity index is 849. The molecular weight excluding hydrogens is 356 g/mol. The molecule has 1 aromatic heterocycles. The molecule has 1 amide bonds. The van der Waals surface area contributed by atoms with Crippen LogP contribution >= 0.6 is 23.4 Å². The van der Waals surface area contributed by atoms with Gasteiger partial charge in [-0.1, -0.05) is 53.7 Å². The highest BCUT2D eigenvalue weighted by atomic mass is 35.5. The topological polar surface area (TPSA) is 59.8 Å². The number of hydrogen-bond acceptors (Lipinski definition) is 4. The van der Waals surface area contributed by atoms with E-state index in [1.165, 1.54) is 0 Å². The zero-order chi connectivity index (χ0) is 17.6. The first-order chi connectivity index (χ1) is 12.1. The first-order valence-corrected chi connectivity index (χ1v) is 9.08. The second kappa shape index (κ2) is 8.18. The molecule has 3 aromatic rings. The summed E-state index contributed by atoms with van der Waals surface area (Å²) in [5.74, 6) is 1.28. The quantitative estimate of drug-likeness (QED) is 0.666. The van der Waals surface area contributed by atoms with Crippen LogP contribution in [-0.4, -0.2) is 20.7 Å². The Balaban J connectivity index is 1.58. The van der Waals surface area contributed by atoms with Gasteiger partial charge in [-0.05, 0) is 29.8 Å². The van der Waals surface area contributed by atoms with Gasteiger partial charge in [-0.2, -0.15) is 0 Å². The standard InChI is InChI=1S/C18H17ClN4OS/c1-23-16(11-17(24)20-15-5-3-2-4-6-15)21-22-18(23)25-12-13-7-9-14(19)10-8-13/h2-10H,11-12H2,1H3,(H,20,24). The molecule has 0 aliphatic rings. The number of rotatable bonds is 6. The van der Waals surface area contributed by atoms with Crippen molar-refractivity contribution in [3.63, 3.8) is 0 Å². The number of hydrogen-bond donors (Lipinski definition) is 1. The molecule has 0 radical (unpaired) electrons. The minimum Gasteiger partial charge on any atom is -0.326 e. The lowest BCUT2D eigenvalue weighted by Gasteiger charge is -2.06. The molecule has 2 aromatic carbocycles. The number of carbonyl (C=O) groups is 1. The lowest BCUT2D eigenvalue weighted by Crippen LogP contribution is -2.16. The average molecular weight is 373 g/mol. The van der Waals surface area contributed by atoms with E-state index in [-0.39, 0.29) is 12.3 Å². The third-order valence-electron chi connectivity index (χ3n) is 3.58. The lowest BCUT2D eigenvalue weighted by molar-refractivity contribution is -0.115. The second-order valence-electron chi connectivity index (χ2n) is 5.46.